The number of carbonyl (C=O) groups excluding carboxylic acids is 1. The van der Waals surface area contributed by atoms with E-state index in [2.05, 4.69) is 5.32 Å². The standard InChI is InChI=1S/C16H18N2O/c1-10-5-7-14(8-12(10)3)18-16(19)13-6-4-11(2)15(17)9-13/h4-9H,17H2,1-3H3,(H,18,19). The molecule has 3 N–H and O–H groups in total. The van der Waals surface area contributed by atoms with E-state index in [0.717, 1.165) is 16.8 Å². The third-order valence-corrected chi connectivity index (χ3v) is 3.31. The van der Waals surface area contributed by atoms with Crippen LogP contribution in [-0.4, -0.2) is 5.91 Å². The maximum absolute atomic E-state index is 12.1. The molecule has 19 heavy (non-hydrogen) atoms. The Labute approximate surface area is 113 Å². The van der Waals surface area contributed by atoms with Crippen molar-refractivity contribution in [3.63, 3.8) is 0 Å². The Balaban J connectivity index is 2.20. The third-order valence-electron chi connectivity index (χ3n) is 3.31. The predicted molar refractivity (Wildman–Crippen MR) is 79.5 cm³/mol. The number of benzene rings is 2. The van der Waals surface area contributed by atoms with Crippen molar-refractivity contribution in [3.8, 4) is 0 Å². The summed E-state index contributed by atoms with van der Waals surface area (Å²) in [5, 5.41) is 2.88. The minimum Gasteiger partial charge on any atom is -0.398 e. The van der Waals surface area contributed by atoms with E-state index in [9.17, 15) is 4.79 Å². The molecule has 2 rings (SSSR count). The van der Waals surface area contributed by atoms with Crippen LogP contribution in [0.4, 0.5) is 11.4 Å². The minimum atomic E-state index is -0.144. The summed E-state index contributed by atoms with van der Waals surface area (Å²) in [4.78, 5) is 12.1. The van der Waals surface area contributed by atoms with Gasteiger partial charge in [0.1, 0.15) is 0 Å². The molecular formula is C16H18N2O. The van der Waals surface area contributed by atoms with Gasteiger partial charge in [0.15, 0.2) is 0 Å². The number of nitrogens with two attached hydrogens (primary N) is 1. The molecule has 0 unspecified atom stereocenters. The Kier molecular flexibility index (Phi) is 3.56. The highest BCUT2D eigenvalue weighted by molar-refractivity contribution is 6.04. The Morgan fingerprint density at radius 2 is 1.63 bits per heavy atom. The zero-order chi connectivity index (χ0) is 14.0. The maximum Gasteiger partial charge on any atom is 0.255 e. The van der Waals surface area contributed by atoms with Crippen molar-refractivity contribution in [1.82, 2.24) is 0 Å². The number of rotatable bonds is 2. The molecule has 0 aliphatic rings. The molecule has 0 heterocycles. The second-order valence-electron chi connectivity index (χ2n) is 4.82. The number of carbonyl (C=O) groups is 1. The van der Waals surface area contributed by atoms with Gasteiger partial charge in [-0.15, -0.1) is 0 Å². The van der Waals surface area contributed by atoms with E-state index in [-0.39, 0.29) is 5.91 Å². The van der Waals surface area contributed by atoms with Gasteiger partial charge in [-0.3, -0.25) is 4.79 Å². The van der Waals surface area contributed by atoms with Gasteiger partial charge in [0, 0.05) is 16.9 Å². The zero-order valence-electron chi connectivity index (χ0n) is 11.4. The van der Waals surface area contributed by atoms with E-state index in [1.165, 1.54) is 5.56 Å². The molecule has 0 aliphatic heterocycles. The maximum atomic E-state index is 12.1. The number of hydrogen-bond donors (Lipinski definition) is 2. The van der Waals surface area contributed by atoms with E-state index in [1.807, 2.05) is 45.0 Å². The van der Waals surface area contributed by atoms with E-state index in [4.69, 9.17) is 5.73 Å². The van der Waals surface area contributed by atoms with E-state index in [1.54, 1.807) is 12.1 Å². The van der Waals surface area contributed by atoms with Gasteiger partial charge in [0.05, 0.1) is 0 Å². The van der Waals surface area contributed by atoms with Gasteiger partial charge in [-0.25, -0.2) is 0 Å². The summed E-state index contributed by atoms with van der Waals surface area (Å²) in [6.07, 6.45) is 0. The molecule has 0 atom stereocenters. The summed E-state index contributed by atoms with van der Waals surface area (Å²) < 4.78 is 0. The Morgan fingerprint density at radius 3 is 2.26 bits per heavy atom. The molecule has 0 aromatic heterocycles. The summed E-state index contributed by atoms with van der Waals surface area (Å²) in [5.41, 5.74) is 11.2. The third kappa shape index (κ3) is 2.94. The zero-order valence-corrected chi connectivity index (χ0v) is 11.4. The fourth-order valence-electron chi connectivity index (χ4n) is 1.80. The summed E-state index contributed by atoms with van der Waals surface area (Å²) in [7, 11) is 0. The van der Waals surface area contributed by atoms with Crippen molar-refractivity contribution in [2.75, 3.05) is 11.1 Å². The van der Waals surface area contributed by atoms with Crippen LogP contribution in [0.2, 0.25) is 0 Å². The van der Waals surface area contributed by atoms with Crippen molar-refractivity contribution < 1.29 is 4.79 Å². The number of nitrogens with one attached hydrogen (secondary N) is 1. The van der Waals surface area contributed by atoms with Gasteiger partial charge in [-0.05, 0) is 61.7 Å². The van der Waals surface area contributed by atoms with Crippen molar-refractivity contribution in [2.24, 2.45) is 0 Å². The fraction of sp³-hybridized carbons (Fsp3) is 0.188. The second kappa shape index (κ2) is 5.14. The van der Waals surface area contributed by atoms with Crippen LogP contribution in [0, 0.1) is 20.8 Å². The predicted octanol–water partition coefficient (Wildman–Crippen LogP) is 3.45. The molecule has 0 aliphatic carbocycles. The first kappa shape index (κ1) is 13.1. The van der Waals surface area contributed by atoms with Crippen LogP contribution < -0.4 is 11.1 Å². The molecule has 1 amide bonds. The monoisotopic (exact) mass is 254 g/mol. The van der Waals surface area contributed by atoms with Gasteiger partial charge >= 0.3 is 0 Å². The average molecular weight is 254 g/mol. The Morgan fingerprint density at radius 1 is 0.947 bits per heavy atom. The van der Waals surface area contributed by atoms with Crippen molar-refractivity contribution in [3.05, 3.63) is 58.7 Å². The fourth-order valence-corrected chi connectivity index (χ4v) is 1.80. The molecule has 2 aromatic carbocycles. The molecule has 0 radical (unpaired) electrons. The van der Waals surface area contributed by atoms with Crippen LogP contribution in [-0.2, 0) is 0 Å². The van der Waals surface area contributed by atoms with Crippen LogP contribution in [0.5, 0.6) is 0 Å². The lowest BCUT2D eigenvalue weighted by atomic mass is 10.1. The number of aryl methyl sites for hydroxylation is 3. The normalized spacial score (nSPS) is 10.3. The molecule has 3 nitrogen and oxygen atoms in total. The lowest BCUT2D eigenvalue weighted by Gasteiger charge is -2.09. The first-order valence-corrected chi connectivity index (χ1v) is 6.22. The lowest BCUT2D eigenvalue weighted by molar-refractivity contribution is 0.102. The van der Waals surface area contributed by atoms with E-state index >= 15 is 0 Å². The first-order chi connectivity index (χ1) is 8.97. The minimum absolute atomic E-state index is 0.144. The van der Waals surface area contributed by atoms with Crippen LogP contribution >= 0.6 is 0 Å². The summed E-state index contributed by atoms with van der Waals surface area (Å²) in [5.74, 6) is -0.144. The molecule has 2 aromatic rings. The van der Waals surface area contributed by atoms with Crippen LogP contribution in [0.1, 0.15) is 27.0 Å². The Hall–Kier alpha value is -2.29. The molecule has 98 valence electrons. The molecule has 0 bridgehead atoms. The van der Waals surface area contributed by atoms with Crippen molar-refractivity contribution in [1.29, 1.82) is 0 Å². The summed E-state index contributed by atoms with van der Waals surface area (Å²) >= 11 is 0. The number of amides is 1. The first-order valence-electron chi connectivity index (χ1n) is 6.22. The van der Waals surface area contributed by atoms with Crippen LogP contribution in [0.3, 0.4) is 0 Å². The van der Waals surface area contributed by atoms with E-state index in [0.29, 0.717) is 11.3 Å². The molecule has 0 saturated carbocycles. The molecule has 0 fully saturated rings. The molecule has 0 saturated heterocycles. The average Bonchev–Trinajstić information content (AvgIpc) is 2.37. The summed E-state index contributed by atoms with van der Waals surface area (Å²) in [6.45, 7) is 5.98. The SMILES string of the molecule is Cc1ccc(NC(=O)c2ccc(C)c(N)c2)cc1C. The van der Waals surface area contributed by atoms with Crippen molar-refractivity contribution >= 4 is 17.3 Å². The topological polar surface area (TPSA) is 55.1 Å². The highest BCUT2D eigenvalue weighted by atomic mass is 16.1. The number of hydrogen-bond acceptors (Lipinski definition) is 2. The van der Waals surface area contributed by atoms with Crippen LogP contribution in [0.25, 0.3) is 0 Å². The smallest absolute Gasteiger partial charge is 0.255 e. The Bertz CT molecular complexity index is 633. The number of anilines is 2. The largest absolute Gasteiger partial charge is 0.398 e. The lowest BCUT2D eigenvalue weighted by Crippen LogP contribution is -2.12. The van der Waals surface area contributed by atoms with E-state index < -0.39 is 0 Å². The number of nitrogen functional groups attached to an aromatic ring is 1. The molecule has 0 spiro atoms. The van der Waals surface area contributed by atoms with Gasteiger partial charge in [-0.1, -0.05) is 12.1 Å². The van der Waals surface area contributed by atoms with Crippen LogP contribution in [0.15, 0.2) is 36.4 Å². The van der Waals surface area contributed by atoms with Gasteiger partial charge < -0.3 is 11.1 Å². The molecular weight excluding hydrogens is 236 g/mol. The second-order valence-corrected chi connectivity index (χ2v) is 4.82. The quantitative estimate of drug-likeness (QED) is 0.806. The van der Waals surface area contributed by atoms with Gasteiger partial charge in [0.2, 0.25) is 0 Å². The summed E-state index contributed by atoms with van der Waals surface area (Å²) in [6, 6.07) is 11.2. The van der Waals surface area contributed by atoms with Crippen molar-refractivity contribution in [2.45, 2.75) is 20.8 Å². The molecule has 3 heteroatoms. The highest BCUT2D eigenvalue weighted by Gasteiger charge is 2.07. The highest BCUT2D eigenvalue weighted by Crippen LogP contribution is 2.17. The van der Waals surface area contributed by atoms with Gasteiger partial charge in [-0.2, -0.15) is 0 Å². The van der Waals surface area contributed by atoms with Gasteiger partial charge in [0.25, 0.3) is 5.91 Å².